The molecular formula is C28H23N3O3. The lowest BCUT2D eigenvalue weighted by atomic mass is 9.99. The number of ketones is 1. The molecule has 4 rings (SSSR count). The highest BCUT2D eigenvalue weighted by molar-refractivity contribution is 5.96. The molecule has 1 N–H and O–H groups in total. The predicted molar refractivity (Wildman–Crippen MR) is 130 cm³/mol. The molecule has 0 aliphatic rings. The monoisotopic (exact) mass is 449 g/mol. The first-order valence-corrected chi connectivity index (χ1v) is 10.9. The average molecular weight is 450 g/mol. The summed E-state index contributed by atoms with van der Waals surface area (Å²) >= 11 is 0. The first kappa shape index (κ1) is 22.7. The molecule has 0 fully saturated rings. The van der Waals surface area contributed by atoms with E-state index in [1.807, 2.05) is 60.7 Å². The van der Waals surface area contributed by atoms with Crippen LogP contribution in [0, 0.1) is 12.3 Å². The Hall–Kier alpha value is -4.50. The van der Waals surface area contributed by atoms with Crippen molar-refractivity contribution in [1.82, 2.24) is 14.8 Å². The third-order valence-electron chi connectivity index (χ3n) is 5.45. The van der Waals surface area contributed by atoms with Gasteiger partial charge in [-0.25, -0.2) is 14.5 Å². The number of benzene rings is 3. The van der Waals surface area contributed by atoms with Gasteiger partial charge in [0.15, 0.2) is 0 Å². The van der Waals surface area contributed by atoms with E-state index >= 15 is 0 Å². The van der Waals surface area contributed by atoms with E-state index in [0.29, 0.717) is 30.8 Å². The van der Waals surface area contributed by atoms with Gasteiger partial charge in [-0.1, -0.05) is 72.8 Å². The molecule has 1 aromatic heterocycles. The van der Waals surface area contributed by atoms with Crippen LogP contribution in [0.15, 0.2) is 78.9 Å². The maximum Gasteiger partial charge on any atom is 0.336 e. The number of aromatic carboxylic acids is 1. The van der Waals surface area contributed by atoms with Crippen molar-refractivity contribution in [2.75, 3.05) is 0 Å². The largest absolute Gasteiger partial charge is 0.478 e. The van der Waals surface area contributed by atoms with Crippen LogP contribution in [-0.4, -0.2) is 31.6 Å². The molecule has 0 aliphatic carbocycles. The summed E-state index contributed by atoms with van der Waals surface area (Å²) in [4.78, 5) is 28.8. The summed E-state index contributed by atoms with van der Waals surface area (Å²) in [5, 5.41) is 13.9. The highest BCUT2D eigenvalue weighted by Gasteiger charge is 2.17. The first-order chi connectivity index (χ1) is 16.5. The number of nitrogens with zero attached hydrogens (tertiary/aromatic N) is 3. The molecule has 0 amide bonds. The van der Waals surface area contributed by atoms with E-state index in [4.69, 9.17) is 6.42 Å². The molecule has 6 nitrogen and oxygen atoms in total. The minimum absolute atomic E-state index is 0.146. The van der Waals surface area contributed by atoms with Gasteiger partial charge in [0.25, 0.3) is 0 Å². The van der Waals surface area contributed by atoms with Crippen molar-refractivity contribution in [3.63, 3.8) is 0 Å². The standard InChI is InChI=1S/C28H23N3O3/c1-2-3-13-26-29-27(25(32)18-20-9-5-4-6-10-20)30-31(26)19-21-14-16-22(17-15-21)23-11-7-8-12-24(23)28(33)34/h1,4-12,14-17H,3,13,18-19H2,(H,33,34). The number of Topliss-reactive ketones (excluding diaryl/α,β-unsaturated/α-hetero) is 1. The molecule has 0 atom stereocenters. The Labute approximate surface area is 197 Å². The van der Waals surface area contributed by atoms with Crippen LogP contribution in [0.25, 0.3) is 11.1 Å². The van der Waals surface area contributed by atoms with E-state index in [9.17, 15) is 14.7 Å². The molecule has 0 spiro atoms. The number of carbonyl (C=O) groups is 2. The minimum Gasteiger partial charge on any atom is -0.478 e. The van der Waals surface area contributed by atoms with Crippen molar-refractivity contribution < 1.29 is 14.7 Å². The van der Waals surface area contributed by atoms with E-state index in [0.717, 1.165) is 16.7 Å². The second-order valence-electron chi connectivity index (χ2n) is 7.85. The van der Waals surface area contributed by atoms with Crippen molar-refractivity contribution in [3.05, 3.63) is 107 Å². The molecule has 0 saturated carbocycles. The van der Waals surface area contributed by atoms with Crippen LogP contribution >= 0.6 is 0 Å². The molecular weight excluding hydrogens is 426 g/mol. The van der Waals surface area contributed by atoms with Crippen LogP contribution in [-0.2, 0) is 19.4 Å². The van der Waals surface area contributed by atoms with Crippen molar-refractivity contribution in [3.8, 4) is 23.5 Å². The number of hydrogen-bond acceptors (Lipinski definition) is 4. The minimum atomic E-state index is -0.965. The maximum atomic E-state index is 12.8. The molecule has 0 radical (unpaired) electrons. The summed E-state index contributed by atoms with van der Waals surface area (Å²) in [6.07, 6.45) is 6.69. The van der Waals surface area contributed by atoms with Gasteiger partial charge in [0.1, 0.15) is 5.82 Å². The van der Waals surface area contributed by atoms with Crippen LogP contribution in [0.2, 0.25) is 0 Å². The number of hydrogen-bond donors (Lipinski definition) is 1. The number of carboxylic acids is 1. The summed E-state index contributed by atoms with van der Waals surface area (Å²) in [5.74, 6) is 2.35. The fraction of sp³-hybridized carbons (Fsp3) is 0.143. The van der Waals surface area contributed by atoms with Gasteiger partial charge in [-0.05, 0) is 28.3 Å². The van der Waals surface area contributed by atoms with Crippen LogP contribution in [0.4, 0.5) is 0 Å². The Bertz CT molecular complexity index is 1350. The van der Waals surface area contributed by atoms with E-state index in [2.05, 4.69) is 16.0 Å². The molecule has 0 bridgehead atoms. The SMILES string of the molecule is C#CCCc1nc(C(=O)Cc2ccccc2)nn1Cc1ccc(-c2ccccc2C(=O)O)cc1. The van der Waals surface area contributed by atoms with Crippen molar-refractivity contribution >= 4 is 11.8 Å². The number of carboxylic acid groups (broad SMARTS) is 1. The number of aryl methyl sites for hydroxylation is 1. The molecule has 168 valence electrons. The Morgan fingerprint density at radius 3 is 2.32 bits per heavy atom. The number of terminal acetylenes is 1. The lowest BCUT2D eigenvalue weighted by Gasteiger charge is -2.09. The molecule has 34 heavy (non-hydrogen) atoms. The van der Waals surface area contributed by atoms with E-state index in [1.54, 1.807) is 22.9 Å². The van der Waals surface area contributed by atoms with Crippen molar-refractivity contribution in [2.24, 2.45) is 0 Å². The van der Waals surface area contributed by atoms with E-state index < -0.39 is 5.97 Å². The quantitative estimate of drug-likeness (QED) is 0.296. The lowest BCUT2D eigenvalue weighted by molar-refractivity contribution is 0.0697. The van der Waals surface area contributed by atoms with Crippen LogP contribution in [0.5, 0.6) is 0 Å². The molecule has 4 aromatic rings. The molecule has 0 aliphatic heterocycles. The molecule has 0 unspecified atom stereocenters. The highest BCUT2D eigenvalue weighted by Crippen LogP contribution is 2.24. The summed E-state index contributed by atoms with van der Waals surface area (Å²) in [5.41, 5.74) is 3.58. The fourth-order valence-electron chi connectivity index (χ4n) is 3.73. The number of carbonyl (C=O) groups excluding carboxylic acids is 1. The summed E-state index contributed by atoms with van der Waals surface area (Å²) < 4.78 is 1.72. The van der Waals surface area contributed by atoms with Gasteiger partial charge >= 0.3 is 5.97 Å². The van der Waals surface area contributed by atoms with Gasteiger partial charge in [0, 0.05) is 19.3 Å². The third-order valence-corrected chi connectivity index (χ3v) is 5.45. The predicted octanol–water partition coefficient (Wildman–Crippen LogP) is 4.68. The molecule has 0 saturated heterocycles. The van der Waals surface area contributed by atoms with Crippen LogP contribution in [0.3, 0.4) is 0 Å². The normalized spacial score (nSPS) is 10.6. The highest BCUT2D eigenvalue weighted by atomic mass is 16.4. The summed E-state index contributed by atoms with van der Waals surface area (Å²) in [7, 11) is 0. The average Bonchev–Trinajstić information content (AvgIpc) is 3.26. The van der Waals surface area contributed by atoms with Crippen LogP contribution < -0.4 is 0 Å². The topological polar surface area (TPSA) is 85.1 Å². The fourth-order valence-corrected chi connectivity index (χ4v) is 3.73. The van der Waals surface area contributed by atoms with Gasteiger partial charge in [-0.2, -0.15) is 0 Å². The second kappa shape index (κ2) is 10.4. The van der Waals surface area contributed by atoms with Crippen molar-refractivity contribution in [2.45, 2.75) is 25.8 Å². The van der Waals surface area contributed by atoms with E-state index in [-0.39, 0.29) is 23.6 Å². The number of aromatic nitrogens is 3. The van der Waals surface area contributed by atoms with Crippen LogP contribution in [0.1, 0.15) is 44.3 Å². The smallest absolute Gasteiger partial charge is 0.336 e. The van der Waals surface area contributed by atoms with Gasteiger partial charge < -0.3 is 5.11 Å². The Kier molecular flexibility index (Phi) is 6.95. The zero-order valence-corrected chi connectivity index (χ0v) is 18.5. The van der Waals surface area contributed by atoms with E-state index in [1.165, 1.54) is 0 Å². The number of rotatable bonds is 9. The van der Waals surface area contributed by atoms with Crippen molar-refractivity contribution in [1.29, 1.82) is 0 Å². The summed E-state index contributed by atoms with van der Waals surface area (Å²) in [6.45, 7) is 0.423. The maximum absolute atomic E-state index is 12.8. The van der Waals surface area contributed by atoms with Gasteiger partial charge in [-0.15, -0.1) is 17.4 Å². The summed E-state index contributed by atoms with van der Waals surface area (Å²) in [6, 6.07) is 24.0. The molecule has 1 heterocycles. The zero-order valence-electron chi connectivity index (χ0n) is 18.5. The Morgan fingerprint density at radius 1 is 0.912 bits per heavy atom. The first-order valence-electron chi connectivity index (χ1n) is 10.9. The Morgan fingerprint density at radius 2 is 1.62 bits per heavy atom. The zero-order chi connectivity index (χ0) is 23.9. The Balaban J connectivity index is 1.56. The third kappa shape index (κ3) is 5.28. The second-order valence-corrected chi connectivity index (χ2v) is 7.85. The lowest BCUT2D eigenvalue weighted by Crippen LogP contribution is -2.09. The molecule has 3 aromatic carbocycles. The van der Waals surface area contributed by atoms with Gasteiger partial charge in [0.05, 0.1) is 12.1 Å². The van der Waals surface area contributed by atoms with Gasteiger partial charge in [0.2, 0.25) is 11.6 Å². The van der Waals surface area contributed by atoms with Gasteiger partial charge in [-0.3, -0.25) is 4.79 Å². The molecule has 6 heteroatoms.